The third-order valence-corrected chi connectivity index (χ3v) is 4.74. The van der Waals surface area contributed by atoms with Crippen LogP contribution in [0, 0.1) is 0 Å². The minimum atomic E-state index is -1.14. The number of primary amides is 1. The molecule has 4 atom stereocenters. The zero-order valence-electron chi connectivity index (χ0n) is 10.6. The van der Waals surface area contributed by atoms with Crippen LogP contribution < -0.4 is 5.73 Å². The quantitative estimate of drug-likeness (QED) is 0.422. The van der Waals surface area contributed by atoms with E-state index < -0.39 is 42.9 Å². The molecule has 20 heavy (non-hydrogen) atoms. The molecule has 0 bridgehead atoms. The van der Waals surface area contributed by atoms with Crippen LogP contribution in [0.5, 0.6) is 0 Å². The Balaban J connectivity index is 2.20. The van der Waals surface area contributed by atoms with Gasteiger partial charge < -0.3 is 0 Å². The fraction of sp³-hybridized carbons (Fsp3) is 0.545. The van der Waals surface area contributed by atoms with Crippen LogP contribution >= 0.6 is 0 Å². The number of hydrogen-bond acceptors (Lipinski definition) is 7. The van der Waals surface area contributed by atoms with Crippen molar-refractivity contribution in [1.82, 2.24) is 4.98 Å². The predicted molar refractivity (Wildman–Crippen MR) is 66.0 cm³/mol. The molecule has 110 valence electrons. The second-order valence-corrected chi connectivity index (χ2v) is 6.14. The molecule has 0 saturated carbocycles. The molecule has 2 rings (SSSR count). The molecular weight excluding hydrogens is 335 g/mol. The molecule has 9 heteroatoms. The van der Waals surface area contributed by atoms with Crippen molar-refractivity contribution >= 4 is 26.4 Å². The molecule has 2 heterocycles. The van der Waals surface area contributed by atoms with E-state index in [1.54, 1.807) is 4.94 Å². The van der Waals surface area contributed by atoms with E-state index in [0.717, 1.165) is 0 Å². The maximum atomic E-state index is 11.0. The van der Waals surface area contributed by atoms with E-state index in [4.69, 9.17) is 15.2 Å². The molecule has 8 nitrogen and oxygen atoms in total. The van der Waals surface area contributed by atoms with E-state index >= 15 is 0 Å². The van der Waals surface area contributed by atoms with Gasteiger partial charge in [0.2, 0.25) is 0 Å². The van der Waals surface area contributed by atoms with Gasteiger partial charge in [-0.25, -0.2) is 0 Å². The first-order chi connectivity index (χ1) is 9.43. The molecule has 1 aromatic rings. The van der Waals surface area contributed by atoms with Gasteiger partial charge in [0, 0.05) is 0 Å². The zero-order valence-corrected chi connectivity index (χ0v) is 12.3. The molecule has 1 fully saturated rings. The van der Waals surface area contributed by atoms with Crippen LogP contribution in [-0.4, -0.2) is 66.5 Å². The van der Waals surface area contributed by atoms with Crippen LogP contribution in [0.4, 0.5) is 0 Å². The Kier molecular flexibility index (Phi) is 4.56. The van der Waals surface area contributed by atoms with Crippen molar-refractivity contribution in [2.75, 3.05) is 6.61 Å². The first-order valence-corrected chi connectivity index (χ1v) is 7.65. The molecule has 1 aromatic heterocycles. The summed E-state index contributed by atoms with van der Waals surface area (Å²) in [6, 6.07) is 0. The van der Waals surface area contributed by atoms with Gasteiger partial charge in [-0.2, -0.15) is 0 Å². The van der Waals surface area contributed by atoms with Gasteiger partial charge in [0.15, 0.2) is 0 Å². The van der Waals surface area contributed by atoms with Crippen LogP contribution in [0.2, 0.25) is 0 Å². The third-order valence-electron chi connectivity index (χ3n) is 2.83. The number of nitrogens with two attached hydrogens (primary N) is 1. The summed E-state index contributed by atoms with van der Waals surface area (Å²) >= 11 is -0.277. The first-order valence-electron chi connectivity index (χ1n) is 5.81. The fourth-order valence-corrected chi connectivity index (χ4v) is 3.81. The average molecular weight is 349 g/mol. The molecule has 1 aliphatic rings. The van der Waals surface area contributed by atoms with Crippen LogP contribution in [0.15, 0.2) is 4.94 Å². The number of rotatable bonds is 4. The van der Waals surface area contributed by atoms with Crippen molar-refractivity contribution in [3.63, 3.8) is 0 Å². The summed E-state index contributed by atoms with van der Waals surface area (Å²) in [5.74, 6) is -1.23. The van der Waals surface area contributed by atoms with E-state index in [2.05, 4.69) is 4.98 Å². The molecule has 0 aromatic carbocycles. The first kappa shape index (κ1) is 15.1. The summed E-state index contributed by atoms with van der Waals surface area (Å²) in [4.78, 5) is 27.6. The SMILES string of the molecule is CC(=O)O[C@H]1[C@@H](O)[C@H](c2nc(C(N)=O)c[se]2)O[C@@H]1CO. The van der Waals surface area contributed by atoms with Gasteiger partial charge in [0.1, 0.15) is 0 Å². The normalized spacial score (nSPS) is 29.4. The summed E-state index contributed by atoms with van der Waals surface area (Å²) in [5, 5.41) is 19.4. The number of aliphatic hydroxyl groups excluding tert-OH is 2. The molecule has 4 N–H and O–H groups in total. The molecule has 0 radical (unpaired) electrons. The van der Waals surface area contributed by atoms with Gasteiger partial charge >= 0.3 is 120 Å². The number of esters is 1. The van der Waals surface area contributed by atoms with Gasteiger partial charge in [-0.1, -0.05) is 0 Å². The zero-order chi connectivity index (χ0) is 14.9. The van der Waals surface area contributed by atoms with Crippen molar-refractivity contribution in [2.45, 2.75) is 31.3 Å². The summed E-state index contributed by atoms with van der Waals surface area (Å²) in [6.45, 7) is 0.806. The van der Waals surface area contributed by atoms with E-state index in [1.165, 1.54) is 6.92 Å². The predicted octanol–water partition coefficient (Wildman–Crippen LogP) is -2.04. The van der Waals surface area contributed by atoms with Gasteiger partial charge in [-0.15, -0.1) is 0 Å². The maximum absolute atomic E-state index is 11.0. The van der Waals surface area contributed by atoms with Crippen molar-refractivity contribution < 1.29 is 29.3 Å². The van der Waals surface area contributed by atoms with Crippen LogP contribution in [0.25, 0.3) is 0 Å². The Morgan fingerprint density at radius 2 is 2.30 bits per heavy atom. The van der Waals surface area contributed by atoms with Gasteiger partial charge in [-0.05, 0) is 0 Å². The molecule has 1 aliphatic heterocycles. The molecule has 0 unspecified atom stereocenters. The Bertz CT molecular complexity index is 519. The number of ether oxygens (including phenoxy) is 2. The van der Waals surface area contributed by atoms with E-state index in [9.17, 15) is 19.8 Å². The van der Waals surface area contributed by atoms with E-state index in [0.29, 0.717) is 4.57 Å². The van der Waals surface area contributed by atoms with Crippen LogP contribution in [-0.2, 0) is 14.3 Å². The van der Waals surface area contributed by atoms with E-state index in [1.807, 2.05) is 0 Å². The van der Waals surface area contributed by atoms with Gasteiger partial charge in [-0.3, -0.25) is 0 Å². The van der Waals surface area contributed by atoms with E-state index in [-0.39, 0.29) is 20.2 Å². The molecular formula is C11H14N2O6Se. The fourth-order valence-electron chi connectivity index (χ4n) is 1.96. The number of hydrogen-bond donors (Lipinski definition) is 3. The number of nitrogens with zero attached hydrogens (tertiary/aromatic N) is 1. The Labute approximate surface area is 120 Å². The van der Waals surface area contributed by atoms with Gasteiger partial charge in [0.25, 0.3) is 0 Å². The third kappa shape index (κ3) is 2.92. The van der Waals surface area contributed by atoms with Crippen LogP contribution in [0.3, 0.4) is 0 Å². The van der Waals surface area contributed by atoms with Crippen molar-refractivity contribution in [1.29, 1.82) is 0 Å². The number of carbonyl (C=O) groups excluding carboxylic acids is 2. The molecule has 0 spiro atoms. The summed E-state index contributed by atoms with van der Waals surface area (Å²) in [7, 11) is 0. The van der Waals surface area contributed by atoms with Crippen LogP contribution in [0.1, 0.15) is 28.1 Å². The Hall–Kier alpha value is -1.25. The Morgan fingerprint density at radius 1 is 1.60 bits per heavy atom. The Morgan fingerprint density at radius 3 is 2.80 bits per heavy atom. The average Bonchev–Trinajstić information content (AvgIpc) is 2.96. The van der Waals surface area contributed by atoms with Crippen molar-refractivity contribution in [3.05, 3.63) is 15.2 Å². The summed E-state index contributed by atoms with van der Waals surface area (Å²) in [5.41, 5.74) is 5.25. The molecule has 1 saturated heterocycles. The summed E-state index contributed by atoms with van der Waals surface area (Å²) < 4.78 is 10.9. The number of carbonyl (C=O) groups is 2. The molecule has 0 aliphatic carbocycles. The standard InChI is InChI=1S/C11H14N2O6Se/c1-4(15)18-8-6(2-14)19-9(7(8)16)11-13-5(3-20-11)10(12)17/h3,6-9,14,16H,2H2,1H3,(H2,12,17)/t6-,7-,8-,9-/m1/s1. The molecule has 1 amide bonds. The second kappa shape index (κ2) is 6.02. The monoisotopic (exact) mass is 350 g/mol. The number of amides is 1. The number of aliphatic hydroxyl groups is 2. The number of aromatic nitrogens is 1. The minimum absolute atomic E-state index is 0.132. The van der Waals surface area contributed by atoms with Gasteiger partial charge in [0.05, 0.1) is 0 Å². The van der Waals surface area contributed by atoms with Crippen molar-refractivity contribution in [3.8, 4) is 0 Å². The summed E-state index contributed by atoms with van der Waals surface area (Å²) in [6.07, 6.45) is -3.74. The topological polar surface area (TPSA) is 132 Å². The van der Waals surface area contributed by atoms with Crippen molar-refractivity contribution in [2.24, 2.45) is 5.73 Å². The second-order valence-electron chi connectivity index (χ2n) is 4.28.